The monoisotopic (exact) mass is 432 g/mol. The van der Waals surface area contributed by atoms with Gasteiger partial charge in [-0.1, -0.05) is 6.07 Å². The lowest BCUT2D eigenvalue weighted by Crippen LogP contribution is -2.35. The molecule has 8 nitrogen and oxygen atoms in total. The van der Waals surface area contributed by atoms with Crippen molar-refractivity contribution in [3.05, 3.63) is 23.8 Å². The van der Waals surface area contributed by atoms with Crippen molar-refractivity contribution in [2.75, 3.05) is 27.4 Å². The quantitative estimate of drug-likeness (QED) is 0.780. The number of rotatable bonds is 3. The molecule has 0 unspecified atom stereocenters. The summed E-state index contributed by atoms with van der Waals surface area (Å²) in [5, 5.41) is 7.12. The maximum Gasteiger partial charge on any atom is 0.490 e. The Morgan fingerprint density at radius 1 is 1.23 bits per heavy atom. The highest BCUT2D eigenvalue weighted by molar-refractivity contribution is 5.80. The molecule has 1 aromatic rings. The van der Waals surface area contributed by atoms with Crippen LogP contribution >= 0.6 is 0 Å². The number of benzene rings is 1. The zero-order valence-electron chi connectivity index (χ0n) is 16.5. The first-order chi connectivity index (χ1) is 14.1. The van der Waals surface area contributed by atoms with Crippen LogP contribution in [0, 0.1) is 0 Å². The van der Waals surface area contributed by atoms with Crippen LogP contribution < -0.4 is 9.47 Å². The zero-order valence-corrected chi connectivity index (χ0v) is 16.5. The first-order valence-corrected chi connectivity index (χ1v) is 9.35. The summed E-state index contributed by atoms with van der Waals surface area (Å²) in [5.74, 6) is -1.05. The maximum atomic E-state index is 12.1. The van der Waals surface area contributed by atoms with E-state index in [0.717, 1.165) is 37.4 Å². The summed E-state index contributed by atoms with van der Waals surface area (Å²) in [4.78, 5) is 25.1. The molecule has 3 aliphatic rings. The first-order valence-electron chi connectivity index (χ1n) is 9.35. The topological polar surface area (TPSA) is 88.5 Å². The van der Waals surface area contributed by atoms with E-state index in [9.17, 15) is 18.0 Å². The van der Waals surface area contributed by atoms with E-state index in [1.54, 1.807) is 19.0 Å². The number of nitrogens with zero attached hydrogens (tertiary/aromatic N) is 2. The van der Waals surface area contributed by atoms with Gasteiger partial charge in [-0.05, 0) is 24.1 Å². The van der Waals surface area contributed by atoms with Crippen LogP contribution in [0.3, 0.4) is 0 Å². The van der Waals surface area contributed by atoms with E-state index in [1.807, 2.05) is 12.1 Å². The fraction of sp³-hybridized carbons (Fsp3) is 0.579. The predicted octanol–water partition coefficient (Wildman–Crippen LogP) is 1.87. The number of carbonyl (C=O) groups is 2. The molecule has 3 atom stereocenters. The average Bonchev–Trinajstić information content (AvgIpc) is 3.37. The lowest BCUT2D eigenvalue weighted by Gasteiger charge is -2.23. The van der Waals surface area contributed by atoms with Gasteiger partial charge in [0.1, 0.15) is 6.10 Å². The van der Waals surface area contributed by atoms with Gasteiger partial charge in [0, 0.05) is 39.6 Å². The van der Waals surface area contributed by atoms with Gasteiger partial charge in [-0.2, -0.15) is 13.2 Å². The minimum absolute atomic E-state index is 0.0717. The molecule has 1 amide bonds. The number of alkyl halides is 3. The summed E-state index contributed by atoms with van der Waals surface area (Å²) in [6, 6.07) is 6.43. The summed E-state index contributed by atoms with van der Waals surface area (Å²) >= 11 is 0. The highest BCUT2D eigenvalue weighted by atomic mass is 19.4. The number of aliphatic carboxylic acids is 1. The van der Waals surface area contributed by atoms with Gasteiger partial charge in [0.2, 0.25) is 6.79 Å². The minimum Gasteiger partial charge on any atom is -0.475 e. The molecular weight excluding hydrogens is 409 g/mol. The van der Waals surface area contributed by atoms with Gasteiger partial charge in [-0.3, -0.25) is 9.69 Å². The van der Waals surface area contributed by atoms with Crippen LogP contribution in [0.25, 0.3) is 0 Å². The second-order valence-corrected chi connectivity index (χ2v) is 7.45. The molecule has 30 heavy (non-hydrogen) atoms. The van der Waals surface area contributed by atoms with Crippen LogP contribution in [0.15, 0.2) is 18.2 Å². The number of hydrogen-bond donors (Lipinski definition) is 1. The van der Waals surface area contributed by atoms with E-state index in [0.29, 0.717) is 12.8 Å². The van der Waals surface area contributed by atoms with E-state index >= 15 is 0 Å². The van der Waals surface area contributed by atoms with Crippen molar-refractivity contribution in [2.45, 2.75) is 43.8 Å². The number of carboxylic acid groups (broad SMARTS) is 1. The Balaban J connectivity index is 0.000000318. The summed E-state index contributed by atoms with van der Waals surface area (Å²) < 4.78 is 48.5. The molecule has 11 heteroatoms. The molecule has 0 saturated carbocycles. The Bertz CT molecular complexity index is 801. The summed E-state index contributed by atoms with van der Waals surface area (Å²) in [5.41, 5.74) is 1.21. The van der Waals surface area contributed by atoms with Gasteiger partial charge in [0.05, 0.1) is 6.10 Å². The van der Waals surface area contributed by atoms with Crippen LogP contribution in [0.1, 0.15) is 18.4 Å². The highest BCUT2D eigenvalue weighted by Gasteiger charge is 2.45. The molecule has 2 fully saturated rings. The van der Waals surface area contributed by atoms with Gasteiger partial charge >= 0.3 is 12.1 Å². The molecule has 3 aliphatic heterocycles. The van der Waals surface area contributed by atoms with Crippen molar-refractivity contribution in [1.82, 2.24) is 9.80 Å². The number of carbonyl (C=O) groups excluding carboxylic acids is 1. The number of ether oxygens (including phenoxy) is 3. The Labute approximate surface area is 171 Å². The molecule has 1 aromatic carbocycles. The Morgan fingerprint density at radius 2 is 1.90 bits per heavy atom. The van der Waals surface area contributed by atoms with Crippen molar-refractivity contribution in [2.24, 2.45) is 0 Å². The van der Waals surface area contributed by atoms with Crippen molar-refractivity contribution >= 4 is 11.9 Å². The third-order valence-electron chi connectivity index (χ3n) is 5.17. The summed E-state index contributed by atoms with van der Waals surface area (Å²) in [6.07, 6.45) is -3.42. The molecule has 0 radical (unpaired) electrons. The smallest absolute Gasteiger partial charge is 0.475 e. The molecule has 0 bridgehead atoms. The normalized spacial score (nSPS) is 24.8. The van der Waals surface area contributed by atoms with Crippen molar-refractivity contribution < 1.29 is 42.1 Å². The molecule has 0 aliphatic carbocycles. The lowest BCUT2D eigenvalue weighted by molar-refractivity contribution is -0.192. The highest BCUT2D eigenvalue weighted by Crippen LogP contribution is 2.36. The lowest BCUT2D eigenvalue weighted by atomic mass is 10.1. The molecule has 3 heterocycles. The third-order valence-corrected chi connectivity index (χ3v) is 5.17. The number of hydrogen-bond acceptors (Lipinski definition) is 6. The van der Waals surface area contributed by atoms with Gasteiger partial charge in [-0.25, -0.2) is 4.79 Å². The molecule has 1 N–H and O–H groups in total. The van der Waals surface area contributed by atoms with Crippen LogP contribution in [0.2, 0.25) is 0 Å². The first kappa shape index (κ1) is 22.2. The second-order valence-electron chi connectivity index (χ2n) is 7.45. The van der Waals surface area contributed by atoms with E-state index in [-0.39, 0.29) is 18.1 Å². The number of likely N-dealkylation sites (N-methyl/N-ethyl adjacent to an activating group) is 1. The van der Waals surface area contributed by atoms with Crippen LogP contribution in [0.4, 0.5) is 13.2 Å². The molecule has 166 valence electrons. The van der Waals surface area contributed by atoms with Gasteiger partial charge in [-0.15, -0.1) is 0 Å². The second kappa shape index (κ2) is 8.68. The zero-order chi connectivity index (χ0) is 22.1. The van der Waals surface area contributed by atoms with Crippen molar-refractivity contribution in [3.63, 3.8) is 0 Å². The van der Waals surface area contributed by atoms with Crippen LogP contribution in [0.5, 0.6) is 11.5 Å². The number of halogens is 3. The SMILES string of the molecule is CN(C)C(=O)[C@@H]1C[C@H]2[C@H](CCN2Cc2ccc3c(c2)OCO3)O1.O=C(O)C(F)(F)F. The number of fused-ring (bicyclic) bond motifs is 2. The standard InChI is InChI=1S/C17H22N2O4.C2HF3O2/c1-18(2)17(20)16-8-12-13(23-16)5-6-19(12)9-11-3-4-14-15(7-11)22-10-21-14;3-2(4,5)1(6)7/h3-4,7,12-13,16H,5-6,8-10H2,1-2H3;(H,6,7)/t12-,13-,16-;/m0./s1. The summed E-state index contributed by atoms with van der Waals surface area (Å²) in [7, 11) is 3.56. The van der Waals surface area contributed by atoms with Gasteiger partial charge in [0.25, 0.3) is 5.91 Å². The number of likely N-dealkylation sites (tertiary alicyclic amines) is 1. The Kier molecular flexibility index (Phi) is 6.41. The van der Waals surface area contributed by atoms with E-state index in [2.05, 4.69) is 11.0 Å². The molecule has 0 spiro atoms. The number of amides is 1. The molecular formula is C19H23F3N2O6. The Hall–Kier alpha value is -2.53. The maximum absolute atomic E-state index is 12.1. The molecule has 0 aromatic heterocycles. The van der Waals surface area contributed by atoms with Crippen LogP contribution in [-0.2, 0) is 20.9 Å². The van der Waals surface area contributed by atoms with Crippen molar-refractivity contribution in [1.29, 1.82) is 0 Å². The number of carboxylic acids is 1. The molecule has 2 saturated heterocycles. The van der Waals surface area contributed by atoms with Gasteiger partial charge < -0.3 is 24.2 Å². The fourth-order valence-electron chi connectivity index (χ4n) is 3.75. The van der Waals surface area contributed by atoms with Crippen LogP contribution in [-0.4, -0.2) is 78.6 Å². The van der Waals surface area contributed by atoms with E-state index < -0.39 is 12.1 Å². The van der Waals surface area contributed by atoms with E-state index in [1.165, 1.54) is 5.56 Å². The molecule has 4 rings (SSSR count). The van der Waals surface area contributed by atoms with Gasteiger partial charge in [0.15, 0.2) is 11.5 Å². The fourth-order valence-corrected chi connectivity index (χ4v) is 3.75. The summed E-state index contributed by atoms with van der Waals surface area (Å²) in [6.45, 7) is 2.16. The predicted molar refractivity (Wildman–Crippen MR) is 97.0 cm³/mol. The average molecular weight is 432 g/mol. The van der Waals surface area contributed by atoms with Crippen molar-refractivity contribution in [3.8, 4) is 11.5 Å². The van der Waals surface area contributed by atoms with E-state index in [4.69, 9.17) is 24.1 Å². The Morgan fingerprint density at radius 3 is 2.53 bits per heavy atom. The largest absolute Gasteiger partial charge is 0.490 e. The minimum atomic E-state index is -5.08. The third kappa shape index (κ3) is 4.96.